The van der Waals surface area contributed by atoms with Crippen LogP contribution in [0.15, 0.2) is 0 Å². The molecule has 0 amide bonds. The SMILES string of the molecule is CCC1C[C@]12C[C@@H](C(C)=O)N(C)C2. The molecular formula is C11H19NO. The van der Waals surface area contributed by atoms with Gasteiger partial charge < -0.3 is 0 Å². The van der Waals surface area contributed by atoms with Crippen molar-refractivity contribution in [2.75, 3.05) is 13.6 Å². The molecule has 0 radical (unpaired) electrons. The van der Waals surface area contributed by atoms with E-state index in [4.69, 9.17) is 0 Å². The summed E-state index contributed by atoms with van der Waals surface area (Å²) in [6.45, 7) is 5.14. The van der Waals surface area contributed by atoms with E-state index < -0.39 is 0 Å². The van der Waals surface area contributed by atoms with E-state index in [0.717, 1.165) is 18.9 Å². The van der Waals surface area contributed by atoms with E-state index in [0.29, 0.717) is 11.2 Å². The maximum atomic E-state index is 11.3. The number of carbonyl (C=O) groups is 1. The summed E-state index contributed by atoms with van der Waals surface area (Å²) >= 11 is 0. The normalized spacial score (nSPS) is 44.2. The molecule has 0 aromatic carbocycles. The second-order valence-corrected chi connectivity index (χ2v) is 4.92. The molecule has 74 valence electrons. The predicted molar refractivity (Wildman–Crippen MR) is 52.5 cm³/mol. The minimum absolute atomic E-state index is 0.219. The van der Waals surface area contributed by atoms with Crippen LogP contribution in [0.2, 0.25) is 0 Å². The number of likely N-dealkylation sites (tertiary alicyclic amines) is 1. The lowest BCUT2D eigenvalue weighted by Crippen LogP contribution is -2.30. The van der Waals surface area contributed by atoms with Crippen molar-refractivity contribution in [3.05, 3.63) is 0 Å². The third-order valence-corrected chi connectivity index (χ3v) is 4.02. The third kappa shape index (κ3) is 1.32. The Kier molecular flexibility index (Phi) is 1.99. The fourth-order valence-corrected chi connectivity index (χ4v) is 3.12. The Bertz CT molecular complexity index is 238. The van der Waals surface area contributed by atoms with E-state index in [2.05, 4.69) is 18.9 Å². The van der Waals surface area contributed by atoms with Crippen LogP contribution in [0.4, 0.5) is 0 Å². The van der Waals surface area contributed by atoms with Crippen molar-refractivity contribution in [2.24, 2.45) is 11.3 Å². The van der Waals surface area contributed by atoms with Crippen LogP contribution in [0.1, 0.15) is 33.1 Å². The molecule has 0 aromatic rings. The van der Waals surface area contributed by atoms with Crippen molar-refractivity contribution < 1.29 is 4.79 Å². The molecule has 1 saturated heterocycles. The van der Waals surface area contributed by atoms with Gasteiger partial charge in [0.25, 0.3) is 0 Å². The zero-order valence-electron chi connectivity index (χ0n) is 8.84. The summed E-state index contributed by atoms with van der Waals surface area (Å²) in [6, 6.07) is 0.219. The van der Waals surface area contributed by atoms with Crippen molar-refractivity contribution in [2.45, 2.75) is 39.2 Å². The lowest BCUT2D eigenvalue weighted by Gasteiger charge is -2.14. The number of nitrogens with zero attached hydrogens (tertiary/aromatic N) is 1. The maximum absolute atomic E-state index is 11.3. The summed E-state index contributed by atoms with van der Waals surface area (Å²) < 4.78 is 0. The van der Waals surface area contributed by atoms with Crippen molar-refractivity contribution in [3.8, 4) is 0 Å². The predicted octanol–water partition coefficient (Wildman–Crippen LogP) is 1.70. The van der Waals surface area contributed by atoms with Crippen LogP contribution in [0.25, 0.3) is 0 Å². The molecular weight excluding hydrogens is 162 g/mol. The number of carbonyl (C=O) groups excluding carboxylic acids is 1. The van der Waals surface area contributed by atoms with E-state index in [9.17, 15) is 4.79 Å². The summed E-state index contributed by atoms with van der Waals surface area (Å²) in [6.07, 6.45) is 3.77. The standard InChI is InChI=1S/C11H19NO/c1-4-9-5-11(9)6-10(8(2)13)12(3)7-11/h9-10H,4-7H2,1-3H3/t9?,10-,11+/m0/s1. The highest BCUT2D eigenvalue weighted by Gasteiger charge is 2.58. The first-order valence-electron chi connectivity index (χ1n) is 5.30. The van der Waals surface area contributed by atoms with Crippen molar-refractivity contribution in [1.29, 1.82) is 0 Å². The third-order valence-electron chi connectivity index (χ3n) is 4.02. The molecule has 0 N–H and O–H groups in total. The lowest BCUT2D eigenvalue weighted by atomic mass is 9.97. The molecule has 1 aliphatic carbocycles. The van der Waals surface area contributed by atoms with E-state index in [1.807, 2.05) is 0 Å². The zero-order valence-corrected chi connectivity index (χ0v) is 8.84. The summed E-state index contributed by atoms with van der Waals surface area (Å²) in [5.41, 5.74) is 0.542. The van der Waals surface area contributed by atoms with Crippen molar-refractivity contribution in [3.63, 3.8) is 0 Å². The summed E-state index contributed by atoms with van der Waals surface area (Å²) in [4.78, 5) is 13.6. The minimum atomic E-state index is 0.219. The molecule has 13 heavy (non-hydrogen) atoms. The molecule has 1 heterocycles. The van der Waals surface area contributed by atoms with E-state index in [1.54, 1.807) is 6.92 Å². The van der Waals surface area contributed by atoms with Crippen molar-refractivity contribution in [1.82, 2.24) is 4.90 Å². The number of ketones is 1. The fraction of sp³-hybridized carbons (Fsp3) is 0.909. The Morgan fingerprint density at radius 3 is 2.62 bits per heavy atom. The molecule has 1 unspecified atom stereocenters. The van der Waals surface area contributed by atoms with Gasteiger partial charge in [-0.3, -0.25) is 9.69 Å². The highest BCUT2D eigenvalue weighted by molar-refractivity contribution is 5.82. The van der Waals surface area contributed by atoms with E-state index in [-0.39, 0.29) is 6.04 Å². The fourth-order valence-electron chi connectivity index (χ4n) is 3.12. The van der Waals surface area contributed by atoms with Gasteiger partial charge in [0, 0.05) is 6.54 Å². The van der Waals surface area contributed by atoms with Gasteiger partial charge in [-0.05, 0) is 38.1 Å². The van der Waals surface area contributed by atoms with Crippen LogP contribution in [-0.2, 0) is 4.79 Å². The van der Waals surface area contributed by atoms with Gasteiger partial charge in [0.05, 0.1) is 6.04 Å². The highest BCUT2D eigenvalue weighted by atomic mass is 16.1. The number of hydrogen-bond donors (Lipinski definition) is 0. The van der Waals surface area contributed by atoms with Gasteiger partial charge in [0.15, 0.2) is 0 Å². The number of rotatable bonds is 2. The van der Waals surface area contributed by atoms with E-state index in [1.165, 1.54) is 12.8 Å². The molecule has 3 atom stereocenters. The summed E-state index contributed by atoms with van der Waals surface area (Å²) in [5.74, 6) is 1.25. The summed E-state index contributed by atoms with van der Waals surface area (Å²) in [5, 5.41) is 0. The average Bonchev–Trinajstić information content (AvgIpc) is 2.62. The molecule has 1 saturated carbocycles. The Morgan fingerprint density at radius 2 is 2.23 bits per heavy atom. The summed E-state index contributed by atoms with van der Waals surface area (Å²) in [7, 11) is 2.09. The molecule has 2 nitrogen and oxygen atoms in total. The van der Waals surface area contributed by atoms with Crippen molar-refractivity contribution >= 4 is 5.78 Å². The maximum Gasteiger partial charge on any atom is 0.146 e. The molecule has 0 aromatic heterocycles. The van der Waals surface area contributed by atoms with Crippen LogP contribution in [0, 0.1) is 11.3 Å². The minimum Gasteiger partial charge on any atom is -0.298 e. The smallest absolute Gasteiger partial charge is 0.146 e. The molecule has 1 aliphatic heterocycles. The largest absolute Gasteiger partial charge is 0.298 e. The Labute approximate surface area is 80.3 Å². The second-order valence-electron chi connectivity index (χ2n) is 4.92. The van der Waals surface area contributed by atoms with Gasteiger partial charge in [-0.25, -0.2) is 0 Å². The number of Topliss-reactive ketones (excluding diaryl/α,β-unsaturated/α-hetero) is 1. The molecule has 0 bridgehead atoms. The Morgan fingerprint density at radius 1 is 1.54 bits per heavy atom. The van der Waals surface area contributed by atoms with Gasteiger partial charge in [-0.2, -0.15) is 0 Å². The number of hydrogen-bond acceptors (Lipinski definition) is 2. The molecule has 2 heteroatoms. The monoisotopic (exact) mass is 181 g/mol. The van der Waals surface area contributed by atoms with Crippen LogP contribution in [0.3, 0.4) is 0 Å². The van der Waals surface area contributed by atoms with Crippen LogP contribution in [-0.4, -0.2) is 30.3 Å². The van der Waals surface area contributed by atoms with Gasteiger partial charge >= 0.3 is 0 Å². The van der Waals surface area contributed by atoms with Gasteiger partial charge in [-0.1, -0.05) is 13.3 Å². The number of likely N-dealkylation sites (N-methyl/N-ethyl adjacent to an activating group) is 1. The van der Waals surface area contributed by atoms with Gasteiger partial charge in [0.1, 0.15) is 5.78 Å². The van der Waals surface area contributed by atoms with Crippen LogP contribution < -0.4 is 0 Å². The molecule has 2 fully saturated rings. The molecule has 1 spiro atoms. The lowest BCUT2D eigenvalue weighted by molar-refractivity contribution is -0.120. The molecule has 2 rings (SSSR count). The van der Waals surface area contributed by atoms with Gasteiger partial charge in [0.2, 0.25) is 0 Å². The Balaban J connectivity index is 2.04. The first-order chi connectivity index (χ1) is 6.09. The first kappa shape index (κ1) is 9.20. The average molecular weight is 181 g/mol. The quantitative estimate of drug-likeness (QED) is 0.646. The second kappa shape index (κ2) is 2.81. The van der Waals surface area contributed by atoms with E-state index >= 15 is 0 Å². The highest BCUT2D eigenvalue weighted by Crippen LogP contribution is 2.61. The molecule has 2 aliphatic rings. The van der Waals surface area contributed by atoms with Crippen LogP contribution in [0.5, 0.6) is 0 Å². The topological polar surface area (TPSA) is 20.3 Å². The first-order valence-corrected chi connectivity index (χ1v) is 5.30. The zero-order chi connectivity index (χ0) is 9.64. The van der Waals surface area contributed by atoms with Crippen LogP contribution >= 0.6 is 0 Å². The Hall–Kier alpha value is -0.370. The van der Waals surface area contributed by atoms with Gasteiger partial charge in [-0.15, -0.1) is 0 Å².